The van der Waals surface area contributed by atoms with Crippen LogP contribution in [0, 0.1) is 5.92 Å². The van der Waals surface area contributed by atoms with Crippen LogP contribution in [0.15, 0.2) is 24.3 Å². The molecule has 1 rings (SSSR count). The predicted molar refractivity (Wildman–Crippen MR) is 84.6 cm³/mol. The number of hydrogen-bond donors (Lipinski definition) is 2. The van der Waals surface area contributed by atoms with Crippen molar-refractivity contribution in [3.05, 3.63) is 24.3 Å². The van der Waals surface area contributed by atoms with Gasteiger partial charge in [0.25, 0.3) is 0 Å². The van der Waals surface area contributed by atoms with Crippen LogP contribution >= 0.6 is 0 Å². The molecule has 6 heteroatoms. The quantitative estimate of drug-likeness (QED) is 0.716. The Hall–Kier alpha value is -2.08. The Bertz CT molecular complexity index is 487. The largest absolute Gasteiger partial charge is 0.493 e. The van der Waals surface area contributed by atoms with Crippen LogP contribution in [0.3, 0.4) is 0 Å². The highest BCUT2D eigenvalue weighted by Crippen LogP contribution is 2.17. The van der Waals surface area contributed by atoms with E-state index in [1.54, 1.807) is 24.3 Å². The molecule has 0 aliphatic carbocycles. The van der Waals surface area contributed by atoms with Crippen molar-refractivity contribution in [3.8, 4) is 5.75 Å². The summed E-state index contributed by atoms with van der Waals surface area (Å²) >= 11 is 0. The zero-order chi connectivity index (χ0) is 16.5. The number of nitrogens with two attached hydrogens (primary N) is 1. The van der Waals surface area contributed by atoms with Gasteiger partial charge in [-0.3, -0.25) is 9.59 Å². The van der Waals surface area contributed by atoms with E-state index in [0.717, 1.165) is 6.42 Å². The summed E-state index contributed by atoms with van der Waals surface area (Å²) < 4.78 is 9.93. The highest BCUT2D eigenvalue weighted by molar-refractivity contribution is 5.94. The first-order valence-electron chi connectivity index (χ1n) is 7.34. The number of hydrogen-bond acceptors (Lipinski definition) is 5. The number of anilines is 1. The van der Waals surface area contributed by atoms with Crippen molar-refractivity contribution in [2.45, 2.75) is 32.7 Å². The second-order valence-corrected chi connectivity index (χ2v) is 5.10. The number of benzene rings is 1. The summed E-state index contributed by atoms with van der Waals surface area (Å²) in [7, 11) is 1.34. The molecule has 0 spiro atoms. The van der Waals surface area contributed by atoms with Gasteiger partial charge in [0.1, 0.15) is 5.75 Å². The molecule has 1 aromatic carbocycles. The first kappa shape index (κ1) is 18.0. The molecule has 0 saturated carbocycles. The number of amides is 1. The van der Waals surface area contributed by atoms with Crippen molar-refractivity contribution in [1.29, 1.82) is 0 Å². The van der Waals surface area contributed by atoms with Crippen LogP contribution < -0.4 is 15.8 Å². The third-order valence-corrected chi connectivity index (χ3v) is 3.48. The molecule has 0 heterocycles. The average Bonchev–Trinajstić information content (AvgIpc) is 2.54. The number of ether oxygens (including phenoxy) is 2. The summed E-state index contributed by atoms with van der Waals surface area (Å²) in [6.45, 7) is 4.19. The molecule has 1 amide bonds. The van der Waals surface area contributed by atoms with Crippen molar-refractivity contribution < 1.29 is 19.1 Å². The van der Waals surface area contributed by atoms with E-state index in [1.165, 1.54) is 7.11 Å². The number of carbonyl (C=O) groups is 2. The summed E-state index contributed by atoms with van der Waals surface area (Å²) in [5.41, 5.74) is 6.53. The first-order valence-corrected chi connectivity index (χ1v) is 7.34. The van der Waals surface area contributed by atoms with Crippen molar-refractivity contribution in [1.82, 2.24) is 0 Å². The lowest BCUT2D eigenvalue weighted by Crippen LogP contribution is -2.40. The molecule has 122 valence electrons. The summed E-state index contributed by atoms with van der Waals surface area (Å²) in [6, 6.07) is 6.38. The van der Waals surface area contributed by atoms with E-state index in [4.69, 9.17) is 10.5 Å². The molecule has 0 saturated heterocycles. The maximum atomic E-state index is 12.0. The molecular formula is C16H24N2O4. The molecule has 0 fully saturated rings. The molecule has 0 aromatic heterocycles. The van der Waals surface area contributed by atoms with Crippen molar-refractivity contribution in [2.75, 3.05) is 19.0 Å². The van der Waals surface area contributed by atoms with Gasteiger partial charge in [-0.05, 0) is 30.2 Å². The summed E-state index contributed by atoms with van der Waals surface area (Å²) in [5.74, 6) is 0.227. The molecule has 0 bridgehead atoms. The fourth-order valence-corrected chi connectivity index (χ4v) is 1.73. The van der Waals surface area contributed by atoms with E-state index in [9.17, 15) is 9.59 Å². The van der Waals surface area contributed by atoms with Gasteiger partial charge in [-0.15, -0.1) is 0 Å². The molecular weight excluding hydrogens is 284 g/mol. The van der Waals surface area contributed by atoms with Gasteiger partial charge < -0.3 is 20.5 Å². The molecule has 6 nitrogen and oxygen atoms in total. The van der Waals surface area contributed by atoms with Gasteiger partial charge in [0.05, 0.1) is 26.2 Å². The normalized spacial score (nSPS) is 13.1. The smallest absolute Gasteiger partial charge is 0.308 e. The van der Waals surface area contributed by atoms with Crippen molar-refractivity contribution >= 4 is 17.6 Å². The lowest BCUT2D eigenvalue weighted by Gasteiger charge is -2.17. The van der Waals surface area contributed by atoms with E-state index >= 15 is 0 Å². The van der Waals surface area contributed by atoms with E-state index in [1.807, 2.05) is 13.8 Å². The topological polar surface area (TPSA) is 90.7 Å². The minimum atomic E-state index is -0.527. The zero-order valence-electron chi connectivity index (χ0n) is 13.3. The predicted octanol–water partition coefficient (Wildman–Crippen LogP) is 1.94. The first-order chi connectivity index (χ1) is 10.5. The Morgan fingerprint density at radius 2 is 1.91 bits per heavy atom. The van der Waals surface area contributed by atoms with E-state index < -0.39 is 6.04 Å². The minimum Gasteiger partial charge on any atom is -0.493 e. The molecule has 0 aliphatic rings. The Balaban J connectivity index is 2.47. The maximum absolute atomic E-state index is 12.0. The van der Waals surface area contributed by atoms with Gasteiger partial charge in [0.15, 0.2) is 0 Å². The van der Waals surface area contributed by atoms with Gasteiger partial charge in [0, 0.05) is 5.69 Å². The van der Waals surface area contributed by atoms with Crippen LogP contribution in [-0.4, -0.2) is 31.6 Å². The standard InChI is InChI=1S/C16H24N2O4/c1-4-11(2)15(17)16(20)18-12-5-7-13(8-6-12)22-10-9-14(19)21-3/h5-8,11,15H,4,9-10,17H2,1-3H3,(H,18,20). The Kier molecular flexibility index (Phi) is 7.39. The van der Waals surface area contributed by atoms with Gasteiger partial charge in [0.2, 0.25) is 5.91 Å². The second-order valence-electron chi connectivity index (χ2n) is 5.10. The highest BCUT2D eigenvalue weighted by atomic mass is 16.5. The maximum Gasteiger partial charge on any atom is 0.308 e. The molecule has 1 aromatic rings. The second kappa shape index (κ2) is 9.04. The third-order valence-electron chi connectivity index (χ3n) is 3.48. The lowest BCUT2D eigenvalue weighted by atomic mass is 9.99. The van der Waals surface area contributed by atoms with E-state index in [0.29, 0.717) is 11.4 Å². The van der Waals surface area contributed by atoms with Crippen LogP contribution in [0.5, 0.6) is 5.75 Å². The Morgan fingerprint density at radius 3 is 2.45 bits per heavy atom. The lowest BCUT2D eigenvalue weighted by molar-refractivity contribution is -0.141. The van der Waals surface area contributed by atoms with Crippen LogP contribution in [-0.2, 0) is 14.3 Å². The zero-order valence-corrected chi connectivity index (χ0v) is 13.3. The fraction of sp³-hybridized carbons (Fsp3) is 0.500. The van der Waals surface area contributed by atoms with Crippen molar-refractivity contribution in [2.24, 2.45) is 11.7 Å². The van der Waals surface area contributed by atoms with E-state index in [-0.39, 0.29) is 30.8 Å². The average molecular weight is 308 g/mol. The van der Waals surface area contributed by atoms with Gasteiger partial charge in [-0.1, -0.05) is 20.3 Å². The minimum absolute atomic E-state index is 0.126. The molecule has 22 heavy (non-hydrogen) atoms. The van der Waals surface area contributed by atoms with Crippen LogP contribution in [0.2, 0.25) is 0 Å². The Morgan fingerprint density at radius 1 is 1.27 bits per heavy atom. The summed E-state index contributed by atoms with van der Waals surface area (Å²) in [4.78, 5) is 22.9. The number of methoxy groups -OCH3 is 1. The monoisotopic (exact) mass is 308 g/mol. The number of esters is 1. The summed E-state index contributed by atoms with van der Waals surface area (Å²) in [6.07, 6.45) is 1.04. The molecule has 3 N–H and O–H groups in total. The van der Waals surface area contributed by atoms with Gasteiger partial charge >= 0.3 is 5.97 Å². The molecule has 0 aliphatic heterocycles. The third kappa shape index (κ3) is 5.73. The number of carbonyl (C=O) groups excluding carboxylic acids is 2. The molecule has 0 radical (unpaired) electrons. The Labute approximate surface area is 131 Å². The summed E-state index contributed by atoms with van der Waals surface area (Å²) in [5, 5.41) is 2.77. The number of rotatable bonds is 8. The van der Waals surface area contributed by atoms with Gasteiger partial charge in [-0.25, -0.2) is 0 Å². The van der Waals surface area contributed by atoms with Crippen LogP contribution in [0.25, 0.3) is 0 Å². The molecule has 2 atom stereocenters. The SMILES string of the molecule is CCC(C)C(N)C(=O)Nc1ccc(OCCC(=O)OC)cc1. The number of nitrogens with one attached hydrogen (secondary N) is 1. The highest BCUT2D eigenvalue weighted by Gasteiger charge is 2.19. The van der Waals surface area contributed by atoms with E-state index in [2.05, 4.69) is 10.1 Å². The van der Waals surface area contributed by atoms with Crippen LogP contribution in [0.1, 0.15) is 26.7 Å². The van der Waals surface area contributed by atoms with Gasteiger partial charge in [-0.2, -0.15) is 0 Å². The molecule has 2 unspecified atom stereocenters. The fourth-order valence-electron chi connectivity index (χ4n) is 1.73. The van der Waals surface area contributed by atoms with Crippen molar-refractivity contribution in [3.63, 3.8) is 0 Å². The van der Waals surface area contributed by atoms with Crippen LogP contribution in [0.4, 0.5) is 5.69 Å².